The summed E-state index contributed by atoms with van der Waals surface area (Å²) in [5.41, 5.74) is -0.256. The predicted octanol–water partition coefficient (Wildman–Crippen LogP) is 0.418. The Morgan fingerprint density at radius 1 is 1.35 bits per heavy atom. The highest BCUT2D eigenvalue weighted by Gasteiger charge is 2.37. The van der Waals surface area contributed by atoms with Crippen LogP contribution in [-0.2, 0) is 14.4 Å². The number of nitrogens with zero attached hydrogens (tertiary/aromatic N) is 1. The monoisotopic (exact) mass is 283 g/mol. The maximum absolute atomic E-state index is 12.0. The minimum absolute atomic E-state index is 0.0628. The van der Waals surface area contributed by atoms with Gasteiger partial charge in [0, 0.05) is 25.0 Å². The maximum atomic E-state index is 12.0. The fourth-order valence-corrected chi connectivity index (χ4v) is 2.14. The van der Waals surface area contributed by atoms with E-state index in [2.05, 4.69) is 10.6 Å². The van der Waals surface area contributed by atoms with Crippen molar-refractivity contribution in [2.24, 2.45) is 0 Å². The average molecular weight is 283 g/mol. The molecule has 0 spiro atoms. The molecule has 0 saturated carbocycles. The minimum Gasteiger partial charge on any atom is -0.351 e. The van der Waals surface area contributed by atoms with Crippen LogP contribution in [0.2, 0.25) is 0 Å². The summed E-state index contributed by atoms with van der Waals surface area (Å²) in [5, 5.41) is 5.85. The number of nitrogens with one attached hydrogen (secondary N) is 2. The van der Waals surface area contributed by atoms with Crippen molar-refractivity contribution in [1.29, 1.82) is 0 Å². The molecular formula is C14H25N3O3. The molecule has 3 amide bonds. The molecule has 1 fully saturated rings. The highest BCUT2D eigenvalue weighted by Crippen LogP contribution is 2.13. The number of rotatable bonds is 6. The Hall–Kier alpha value is -1.43. The number of carbonyl (C=O) groups is 3. The zero-order valence-corrected chi connectivity index (χ0v) is 12.8. The Balaban J connectivity index is 2.35. The molecule has 114 valence electrons. The summed E-state index contributed by atoms with van der Waals surface area (Å²) in [6.45, 7) is 8.55. The number of hydrogen-bond acceptors (Lipinski definition) is 4. The Labute approximate surface area is 120 Å². The fourth-order valence-electron chi connectivity index (χ4n) is 2.14. The summed E-state index contributed by atoms with van der Waals surface area (Å²) in [6, 6.07) is -0.475. The molecule has 0 radical (unpaired) electrons. The van der Waals surface area contributed by atoms with Crippen LogP contribution in [0.25, 0.3) is 0 Å². The van der Waals surface area contributed by atoms with Gasteiger partial charge in [0.25, 0.3) is 0 Å². The summed E-state index contributed by atoms with van der Waals surface area (Å²) < 4.78 is 0. The van der Waals surface area contributed by atoms with Gasteiger partial charge in [-0.15, -0.1) is 0 Å². The molecule has 6 heteroatoms. The molecule has 1 rings (SSSR count). The van der Waals surface area contributed by atoms with E-state index in [0.29, 0.717) is 19.5 Å². The van der Waals surface area contributed by atoms with Gasteiger partial charge in [0.15, 0.2) is 0 Å². The zero-order chi connectivity index (χ0) is 15.3. The summed E-state index contributed by atoms with van der Waals surface area (Å²) in [5.74, 6) is -0.367. The molecule has 1 unspecified atom stereocenters. The Morgan fingerprint density at radius 3 is 2.55 bits per heavy atom. The molecule has 20 heavy (non-hydrogen) atoms. The van der Waals surface area contributed by atoms with Crippen LogP contribution in [0.15, 0.2) is 0 Å². The van der Waals surface area contributed by atoms with Gasteiger partial charge in [0.2, 0.25) is 17.7 Å². The highest BCUT2D eigenvalue weighted by molar-refractivity contribution is 6.05. The van der Waals surface area contributed by atoms with Gasteiger partial charge >= 0.3 is 0 Å². The first-order chi connectivity index (χ1) is 9.24. The quantitative estimate of drug-likeness (QED) is 0.692. The van der Waals surface area contributed by atoms with Gasteiger partial charge in [-0.2, -0.15) is 0 Å². The molecule has 1 aliphatic heterocycles. The van der Waals surface area contributed by atoms with Crippen molar-refractivity contribution >= 4 is 17.7 Å². The van der Waals surface area contributed by atoms with E-state index in [1.807, 2.05) is 27.7 Å². The van der Waals surface area contributed by atoms with Gasteiger partial charge in [-0.05, 0) is 27.2 Å². The largest absolute Gasteiger partial charge is 0.351 e. The third-order valence-corrected chi connectivity index (χ3v) is 2.95. The molecule has 0 aromatic carbocycles. The lowest BCUT2D eigenvalue weighted by molar-refractivity contribution is -0.139. The molecule has 6 nitrogen and oxygen atoms in total. The van der Waals surface area contributed by atoms with Crippen molar-refractivity contribution in [3.63, 3.8) is 0 Å². The Morgan fingerprint density at radius 2 is 2.00 bits per heavy atom. The van der Waals surface area contributed by atoms with E-state index < -0.39 is 6.04 Å². The summed E-state index contributed by atoms with van der Waals surface area (Å²) in [7, 11) is 0. The second kappa shape index (κ2) is 6.83. The van der Waals surface area contributed by atoms with Crippen LogP contribution in [-0.4, -0.2) is 47.3 Å². The molecule has 1 saturated heterocycles. The highest BCUT2D eigenvalue weighted by atomic mass is 16.2. The topological polar surface area (TPSA) is 78.5 Å². The van der Waals surface area contributed by atoms with Gasteiger partial charge in [0.05, 0.1) is 12.5 Å². The molecular weight excluding hydrogens is 258 g/mol. The molecule has 0 aliphatic carbocycles. The molecule has 1 heterocycles. The summed E-state index contributed by atoms with van der Waals surface area (Å²) >= 11 is 0. The lowest BCUT2D eigenvalue weighted by Gasteiger charge is -2.20. The van der Waals surface area contributed by atoms with Crippen molar-refractivity contribution in [2.45, 2.75) is 58.5 Å². The Bertz CT molecular complexity index is 388. The second-order valence-corrected chi connectivity index (χ2v) is 6.14. The molecule has 0 bridgehead atoms. The minimum atomic E-state index is -0.475. The summed E-state index contributed by atoms with van der Waals surface area (Å²) in [4.78, 5) is 36.5. The number of carbonyl (C=O) groups excluding carboxylic acids is 3. The first-order valence-corrected chi connectivity index (χ1v) is 7.13. The maximum Gasteiger partial charge on any atom is 0.246 e. The third kappa shape index (κ3) is 4.92. The number of likely N-dealkylation sites (tertiary alicyclic amines) is 1. The first-order valence-electron chi connectivity index (χ1n) is 7.13. The van der Waals surface area contributed by atoms with Gasteiger partial charge < -0.3 is 10.6 Å². The van der Waals surface area contributed by atoms with Crippen molar-refractivity contribution in [3.8, 4) is 0 Å². The zero-order valence-electron chi connectivity index (χ0n) is 12.8. The van der Waals surface area contributed by atoms with Crippen LogP contribution >= 0.6 is 0 Å². The lowest BCUT2D eigenvalue weighted by Crippen LogP contribution is -2.43. The van der Waals surface area contributed by atoms with Crippen LogP contribution in [0, 0.1) is 0 Å². The van der Waals surface area contributed by atoms with Crippen LogP contribution in [0.1, 0.15) is 47.0 Å². The van der Waals surface area contributed by atoms with Crippen molar-refractivity contribution in [2.75, 3.05) is 13.1 Å². The molecule has 1 aliphatic rings. The average Bonchev–Trinajstić information content (AvgIpc) is 2.55. The van der Waals surface area contributed by atoms with Gasteiger partial charge in [-0.25, -0.2) is 0 Å². The van der Waals surface area contributed by atoms with Crippen molar-refractivity contribution in [3.05, 3.63) is 0 Å². The lowest BCUT2D eigenvalue weighted by atomic mass is 10.1. The van der Waals surface area contributed by atoms with Crippen LogP contribution in [0.3, 0.4) is 0 Å². The Kier molecular flexibility index (Phi) is 5.68. The van der Waals surface area contributed by atoms with Crippen molar-refractivity contribution in [1.82, 2.24) is 15.5 Å². The normalized spacial score (nSPS) is 19.6. The van der Waals surface area contributed by atoms with E-state index in [9.17, 15) is 14.4 Å². The van der Waals surface area contributed by atoms with E-state index in [1.165, 1.54) is 4.90 Å². The van der Waals surface area contributed by atoms with E-state index >= 15 is 0 Å². The fraction of sp³-hybridized carbons (Fsp3) is 0.786. The third-order valence-electron chi connectivity index (χ3n) is 2.95. The molecule has 0 aromatic rings. The number of hydrogen-bond donors (Lipinski definition) is 2. The van der Waals surface area contributed by atoms with E-state index in [-0.39, 0.29) is 29.7 Å². The van der Waals surface area contributed by atoms with E-state index in [1.54, 1.807) is 0 Å². The van der Waals surface area contributed by atoms with Crippen LogP contribution < -0.4 is 10.6 Å². The van der Waals surface area contributed by atoms with Gasteiger partial charge in [-0.3, -0.25) is 19.3 Å². The molecule has 0 aromatic heterocycles. The number of amides is 3. The van der Waals surface area contributed by atoms with Gasteiger partial charge in [-0.1, -0.05) is 6.92 Å². The standard InChI is InChI=1S/C14H25N3O3/c1-5-8-17-12(19)9-10(13(17)20)15-7-6-11(18)16-14(2,3)4/h10,15H,5-9H2,1-4H3,(H,16,18). The SMILES string of the molecule is CCCN1C(=O)CC(NCCC(=O)NC(C)(C)C)C1=O. The van der Waals surface area contributed by atoms with Gasteiger partial charge in [0.1, 0.15) is 0 Å². The smallest absolute Gasteiger partial charge is 0.246 e. The predicted molar refractivity (Wildman–Crippen MR) is 75.9 cm³/mol. The number of imide groups is 1. The summed E-state index contributed by atoms with van der Waals surface area (Å²) in [6.07, 6.45) is 1.25. The van der Waals surface area contributed by atoms with Crippen LogP contribution in [0.4, 0.5) is 0 Å². The van der Waals surface area contributed by atoms with E-state index in [0.717, 1.165) is 6.42 Å². The van der Waals surface area contributed by atoms with E-state index in [4.69, 9.17) is 0 Å². The second-order valence-electron chi connectivity index (χ2n) is 6.14. The molecule has 1 atom stereocenters. The molecule has 2 N–H and O–H groups in total. The van der Waals surface area contributed by atoms with Crippen LogP contribution in [0.5, 0.6) is 0 Å². The van der Waals surface area contributed by atoms with Crippen molar-refractivity contribution < 1.29 is 14.4 Å². The first kappa shape index (κ1) is 16.6.